The summed E-state index contributed by atoms with van der Waals surface area (Å²) in [4.78, 5) is 11.6. The zero-order valence-electron chi connectivity index (χ0n) is 10.6. The van der Waals surface area contributed by atoms with Gasteiger partial charge in [-0.2, -0.15) is 0 Å². The summed E-state index contributed by atoms with van der Waals surface area (Å²) in [5.41, 5.74) is 0.933. The maximum Gasteiger partial charge on any atom is 0.413 e. The molecule has 0 bridgehead atoms. The Morgan fingerprint density at radius 2 is 2.20 bits per heavy atom. The minimum atomic E-state index is -0.537. The number of benzene rings is 1. The van der Waals surface area contributed by atoms with Gasteiger partial charge in [0.25, 0.3) is 0 Å². The molecule has 7 heteroatoms. The van der Waals surface area contributed by atoms with Gasteiger partial charge in [-0.25, -0.2) is 4.79 Å². The molecule has 0 fully saturated rings. The third kappa shape index (κ3) is 4.67. The largest absolute Gasteiger partial charge is 0.444 e. The smallest absolute Gasteiger partial charge is 0.413 e. The summed E-state index contributed by atoms with van der Waals surface area (Å²) in [6.45, 7) is 3.86. The molecule has 0 aliphatic heterocycles. The second kappa shape index (κ2) is 7.66. The van der Waals surface area contributed by atoms with Gasteiger partial charge in [-0.15, -0.1) is 16.8 Å². The van der Waals surface area contributed by atoms with Crippen LogP contribution in [-0.4, -0.2) is 22.0 Å². The molecular weight excluding hydrogens is 294 g/mol. The molecule has 5 nitrogen and oxygen atoms in total. The second-order valence-corrected chi connectivity index (χ2v) is 5.90. The molecule has 0 radical (unpaired) electrons. The Morgan fingerprint density at radius 1 is 1.40 bits per heavy atom. The fourth-order valence-electron chi connectivity index (χ4n) is 1.30. The molecule has 2 aromatic rings. The molecule has 0 saturated carbocycles. The topological polar surface area (TPSA) is 64.1 Å². The monoisotopic (exact) mass is 307 g/mol. The number of aromatic nitrogens is 2. The highest BCUT2D eigenvalue weighted by Gasteiger charge is 2.09. The first-order valence-corrected chi connectivity index (χ1v) is 7.63. The highest BCUT2D eigenvalue weighted by molar-refractivity contribution is 8.01. The predicted octanol–water partition coefficient (Wildman–Crippen LogP) is 3.56. The molecule has 1 aromatic carbocycles. The van der Waals surface area contributed by atoms with Gasteiger partial charge in [0.1, 0.15) is 6.61 Å². The van der Waals surface area contributed by atoms with Crippen molar-refractivity contribution in [2.45, 2.75) is 10.9 Å². The van der Waals surface area contributed by atoms with E-state index in [1.807, 2.05) is 30.3 Å². The summed E-state index contributed by atoms with van der Waals surface area (Å²) >= 11 is 2.82. The minimum Gasteiger partial charge on any atom is -0.444 e. The number of anilines is 1. The van der Waals surface area contributed by atoms with Crippen molar-refractivity contribution in [2.75, 3.05) is 11.1 Å². The van der Waals surface area contributed by atoms with Crippen LogP contribution in [0, 0.1) is 0 Å². The molecule has 0 unspecified atom stereocenters. The van der Waals surface area contributed by atoms with E-state index in [-0.39, 0.29) is 6.61 Å². The number of rotatable bonds is 6. The van der Waals surface area contributed by atoms with Crippen LogP contribution < -0.4 is 5.32 Å². The molecule has 1 heterocycles. The van der Waals surface area contributed by atoms with E-state index in [1.54, 1.807) is 6.08 Å². The molecule has 1 aromatic heterocycles. The Bertz CT molecular complexity index is 572. The van der Waals surface area contributed by atoms with Gasteiger partial charge in [0.05, 0.1) is 0 Å². The van der Waals surface area contributed by atoms with Crippen LogP contribution in [0.3, 0.4) is 0 Å². The van der Waals surface area contributed by atoms with E-state index in [4.69, 9.17) is 4.74 Å². The van der Waals surface area contributed by atoms with Crippen molar-refractivity contribution in [3.05, 3.63) is 48.6 Å². The number of hydrogen-bond donors (Lipinski definition) is 1. The average molecular weight is 307 g/mol. The summed E-state index contributed by atoms with van der Waals surface area (Å²) in [5.74, 6) is 0.757. The van der Waals surface area contributed by atoms with Crippen LogP contribution in [0.4, 0.5) is 9.93 Å². The summed E-state index contributed by atoms with van der Waals surface area (Å²) < 4.78 is 5.87. The van der Waals surface area contributed by atoms with Crippen LogP contribution in [0.25, 0.3) is 0 Å². The molecule has 0 aliphatic carbocycles. The van der Waals surface area contributed by atoms with Crippen LogP contribution in [-0.2, 0) is 11.3 Å². The van der Waals surface area contributed by atoms with Crippen molar-refractivity contribution in [2.24, 2.45) is 0 Å². The normalized spacial score (nSPS) is 10.0. The van der Waals surface area contributed by atoms with Gasteiger partial charge in [-0.05, 0) is 5.56 Å². The average Bonchev–Trinajstić information content (AvgIpc) is 2.91. The van der Waals surface area contributed by atoms with Gasteiger partial charge < -0.3 is 4.74 Å². The number of nitrogens with one attached hydrogen (secondary N) is 1. The molecule has 1 N–H and O–H groups in total. The predicted molar refractivity (Wildman–Crippen MR) is 81.1 cm³/mol. The highest BCUT2D eigenvalue weighted by atomic mass is 32.2. The fourth-order valence-corrected chi connectivity index (χ4v) is 2.79. The SMILES string of the molecule is C=CCSc1nnc(NC(=O)OCc2ccccc2)s1. The van der Waals surface area contributed by atoms with Crippen molar-refractivity contribution >= 4 is 34.3 Å². The minimum absolute atomic E-state index is 0.226. The lowest BCUT2D eigenvalue weighted by Crippen LogP contribution is -2.13. The van der Waals surface area contributed by atoms with Crippen molar-refractivity contribution < 1.29 is 9.53 Å². The van der Waals surface area contributed by atoms with Gasteiger partial charge in [0.2, 0.25) is 5.13 Å². The molecule has 1 amide bonds. The second-order valence-electron chi connectivity index (χ2n) is 3.66. The molecule has 0 spiro atoms. The number of hydrogen-bond acceptors (Lipinski definition) is 6. The molecule has 104 valence electrons. The number of carbonyl (C=O) groups is 1. The Morgan fingerprint density at radius 3 is 2.95 bits per heavy atom. The zero-order valence-corrected chi connectivity index (χ0v) is 12.2. The van der Waals surface area contributed by atoms with E-state index in [0.29, 0.717) is 5.13 Å². The Kier molecular flexibility index (Phi) is 5.57. The third-order valence-corrected chi connectivity index (χ3v) is 4.12. The van der Waals surface area contributed by atoms with E-state index >= 15 is 0 Å². The highest BCUT2D eigenvalue weighted by Crippen LogP contribution is 2.25. The van der Waals surface area contributed by atoms with E-state index in [0.717, 1.165) is 15.7 Å². The van der Waals surface area contributed by atoms with E-state index in [1.165, 1.54) is 23.1 Å². The van der Waals surface area contributed by atoms with Crippen molar-refractivity contribution in [1.82, 2.24) is 10.2 Å². The first kappa shape index (κ1) is 14.5. The Hall–Kier alpha value is -1.86. The first-order valence-electron chi connectivity index (χ1n) is 5.83. The van der Waals surface area contributed by atoms with E-state index in [9.17, 15) is 4.79 Å². The van der Waals surface area contributed by atoms with Crippen LogP contribution >= 0.6 is 23.1 Å². The Balaban J connectivity index is 1.79. The molecule has 0 atom stereocenters. The van der Waals surface area contributed by atoms with Gasteiger partial charge in [0.15, 0.2) is 4.34 Å². The molecule has 2 rings (SSSR count). The molecule has 0 aliphatic rings. The van der Waals surface area contributed by atoms with Crippen molar-refractivity contribution in [3.63, 3.8) is 0 Å². The summed E-state index contributed by atoms with van der Waals surface area (Å²) in [6, 6.07) is 9.48. The van der Waals surface area contributed by atoms with Gasteiger partial charge in [0, 0.05) is 5.75 Å². The quantitative estimate of drug-likeness (QED) is 0.502. The number of amides is 1. The zero-order chi connectivity index (χ0) is 14.2. The van der Waals surface area contributed by atoms with Crippen LogP contribution in [0.15, 0.2) is 47.3 Å². The Labute approximate surface area is 125 Å². The van der Waals surface area contributed by atoms with Crippen molar-refractivity contribution in [1.29, 1.82) is 0 Å². The van der Waals surface area contributed by atoms with Gasteiger partial charge in [-0.1, -0.05) is 59.5 Å². The number of nitrogens with zero attached hydrogens (tertiary/aromatic N) is 2. The van der Waals surface area contributed by atoms with Gasteiger partial charge in [-0.3, -0.25) is 5.32 Å². The molecule has 0 saturated heterocycles. The van der Waals surface area contributed by atoms with E-state index < -0.39 is 6.09 Å². The lowest BCUT2D eigenvalue weighted by molar-refractivity contribution is 0.155. The lowest BCUT2D eigenvalue weighted by Gasteiger charge is -2.04. The lowest BCUT2D eigenvalue weighted by atomic mass is 10.2. The van der Waals surface area contributed by atoms with Gasteiger partial charge >= 0.3 is 6.09 Å². The molecule has 20 heavy (non-hydrogen) atoms. The third-order valence-electron chi connectivity index (χ3n) is 2.15. The van der Waals surface area contributed by atoms with Crippen LogP contribution in [0.2, 0.25) is 0 Å². The maximum absolute atomic E-state index is 11.6. The number of thioether (sulfide) groups is 1. The summed E-state index contributed by atoms with van der Waals surface area (Å²) in [6.07, 6.45) is 1.25. The van der Waals surface area contributed by atoms with Crippen LogP contribution in [0.5, 0.6) is 0 Å². The molecular formula is C13H13N3O2S2. The maximum atomic E-state index is 11.6. The standard InChI is InChI=1S/C13H13N3O2S2/c1-2-8-19-13-16-15-11(20-13)14-12(17)18-9-10-6-4-3-5-7-10/h2-7H,1,8-9H2,(H,14,15,17). The number of ether oxygens (including phenoxy) is 1. The number of carbonyl (C=O) groups excluding carboxylic acids is 1. The van der Waals surface area contributed by atoms with E-state index in [2.05, 4.69) is 22.1 Å². The fraction of sp³-hybridized carbons (Fsp3) is 0.154. The first-order chi connectivity index (χ1) is 9.78. The van der Waals surface area contributed by atoms with Crippen molar-refractivity contribution in [3.8, 4) is 0 Å². The summed E-state index contributed by atoms with van der Waals surface area (Å²) in [7, 11) is 0. The summed E-state index contributed by atoms with van der Waals surface area (Å²) in [5, 5.41) is 10.8. The van der Waals surface area contributed by atoms with Crippen LogP contribution in [0.1, 0.15) is 5.56 Å².